The van der Waals surface area contributed by atoms with Gasteiger partial charge >= 0.3 is 0 Å². The predicted octanol–water partition coefficient (Wildman–Crippen LogP) is 7.05. The molecule has 0 bridgehead atoms. The van der Waals surface area contributed by atoms with Gasteiger partial charge in [0.1, 0.15) is 24.0 Å². The molecule has 3 aromatic heterocycles. The quantitative estimate of drug-likeness (QED) is 0.145. The second kappa shape index (κ2) is 12.4. The number of hydrogen-bond acceptors (Lipinski definition) is 7. The Balaban J connectivity index is 1.49. The summed E-state index contributed by atoms with van der Waals surface area (Å²) in [7, 11) is 1.52. The van der Waals surface area contributed by atoms with Gasteiger partial charge in [-0.3, -0.25) is 9.78 Å². The molecule has 2 aromatic carbocycles. The lowest BCUT2D eigenvalue weighted by Crippen LogP contribution is -2.35. The number of carbonyl (C=O) groups is 1. The number of pyridine rings is 2. The molecule has 0 unspecified atom stereocenters. The zero-order valence-electron chi connectivity index (χ0n) is 25.2. The van der Waals surface area contributed by atoms with Crippen LogP contribution in [-0.4, -0.2) is 52.7 Å². The van der Waals surface area contributed by atoms with Gasteiger partial charge in [-0.1, -0.05) is 18.7 Å². The van der Waals surface area contributed by atoms with E-state index in [-0.39, 0.29) is 30.4 Å². The summed E-state index contributed by atoms with van der Waals surface area (Å²) in [6.45, 7) is 4.83. The summed E-state index contributed by atoms with van der Waals surface area (Å²) in [6.07, 6.45) is 4.55. The number of hydrogen-bond donors (Lipinski definition) is 1. The number of nitrogens with zero attached hydrogens (tertiary/aromatic N) is 3. The van der Waals surface area contributed by atoms with Crippen LogP contribution < -0.4 is 4.74 Å². The molecule has 0 spiro atoms. The minimum Gasteiger partial charge on any atom is -0.490 e. The molecule has 10 heteroatoms. The average molecular weight is 640 g/mol. The Morgan fingerprint density at radius 3 is 2.78 bits per heavy atom. The van der Waals surface area contributed by atoms with Crippen LogP contribution in [0.1, 0.15) is 34.9 Å². The summed E-state index contributed by atoms with van der Waals surface area (Å²) in [4.78, 5) is 24.1. The number of fused-ring (bicyclic) bond motifs is 3. The van der Waals surface area contributed by atoms with Crippen molar-refractivity contribution in [2.75, 3.05) is 26.9 Å². The Bertz CT molecular complexity index is 2010. The number of halogens is 2. The fraction of sp³-hybridized carbons (Fsp3) is 0.250. The Kier molecular flexibility index (Phi) is 8.10. The van der Waals surface area contributed by atoms with Gasteiger partial charge in [0.15, 0.2) is 0 Å². The standard InChI is InChI=1S/C36H31F2N3O4S/c1-3-31(43)41-10-8-28-23(19-41)14-22(18-39-28)35-33(32-27(38)16-24(37)17-30(32)45-12-11-44-2)36-25(9-13-46-36)34(40-35)21-5-4-20-6-7-29(42)26(20)15-21/h3-5,9,13-18,29,42H,1,6-8,10-12,19H2,2H3/t29-/m0/s1. The summed E-state index contributed by atoms with van der Waals surface area (Å²) in [6, 6.07) is 11.9. The van der Waals surface area contributed by atoms with Crippen molar-refractivity contribution in [3.05, 3.63) is 101 Å². The van der Waals surface area contributed by atoms with E-state index in [0.29, 0.717) is 48.4 Å². The van der Waals surface area contributed by atoms with Gasteiger partial charge in [0.25, 0.3) is 0 Å². The lowest BCUT2D eigenvalue weighted by molar-refractivity contribution is -0.126. The molecule has 1 N–H and O–H groups in total. The van der Waals surface area contributed by atoms with E-state index < -0.39 is 17.7 Å². The minimum atomic E-state index is -0.785. The van der Waals surface area contributed by atoms with E-state index in [9.17, 15) is 14.3 Å². The van der Waals surface area contributed by atoms with Gasteiger partial charge in [-0.2, -0.15) is 0 Å². The number of aromatic nitrogens is 2. The van der Waals surface area contributed by atoms with E-state index in [1.807, 2.05) is 35.7 Å². The largest absolute Gasteiger partial charge is 0.490 e. The number of ether oxygens (including phenoxy) is 2. The second-order valence-corrected chi connectivity index (χ2v) is 12.4. The molecular formula is C36H31F2N3O4S. The molecule has 1 atom stereocenters. The number of aliphatic hydroxyl groups is 1. The maximum atomic E-state index is 16.0. The lowest BCUT2D eigenvalue weighted by atomic mass is 9.93. The molecule has 0 saturated carbocycles. The summed E-state index contributed by atoms with van der Waals surface area (Å²) >= 11 is 1.42. The van der Waals surface area contributed by atoms with Gasteiger partial charge in [-0.25, -0.2) is 13.8 Å². The van der Waals surface area contributed by atoms with E-state index >= 15 is 4.39 Å². The third kappa shape index (κ3) is 5.36. The van der Waals surface area contributed by atoms with Crippen molar-refractivity contribution < 1.29 is 28.2 Å². The maximum absolute atomic E-state index is 16.0. The molecule has 2 aliphatic rings. The number of aliphatic hydroxyl groups excluding tert-OH is 1. The van der Waals surface area contributed by atoms with Crippen LogP contribution in [0.25, 0.3) is 43.7 Å². The fourth-order valence-corrected chi connectivity index (χ4v) is 7.38. The van der Waals surface area contributed by atoms with Crippen LogP contribution >= 0.6 is 11.3 Å². The molecule has 0 saturated heterocycles. The maximum Gasteiger partial charge on any atom is 0.246 e. The third-order valence-corrected chi connectivity index (χ3v) is 9.62. The van der Waals surface area contributed by atoms with Crippen LogP contribution in [-0.2, 0) is 28.9 Å². The number of aryl methyl sites for hydroxylation is 1. The van der Waals surface area contributed by atoms with Gasteiger partial charge < -0.3 is 19.5 Å². The highest BCUT2D eigenvalue weighted by molar-refractivity contribution is 7.18. The highest BCUT2D eigenvalue weighted by Gasteiger charge is 2.28. The number of amides is 1. The van der Waals surface area contributed by atoms with Gasteiger partial charge in [-0.05, 0) is 59.2 Å². The van der Waals surface area contributed by atoms with Crippen LogP contribution in [0.2, 0.25) is 0 Å². The first-order chi connectivity index (χ1) is 22.4. The summed E-state index contributed by atoms with van der Waals surface area (Å²) in [5.74, 6) is -1.68. The lowest BCUT2D eigenvalue weighted by Gasteiger charge is -2.27. The van der Waals surface area contributed by atoms with Gasteiger partial charge in [-0.15, -0.1) is 11.3 Å². The van der Waals surface area contributed by atoms with Crippen LogP contribution in [0.5, 0.6) is 5.75 Å². The third-order valence-electron chi connectivity index (χ3n) is 8.69. The summed E-state index contributed by atoms with van der Waals surface area (Å²) in [5.41, 5.74) is 6.81. The summed E-state index contributed by atoms with van der Waals surface area (Å²) < 4.78 is 42.4. The number of rotatable bonds is 8. The van der Waals surface area contributed by atoms with E-state index in [1.54, 1.807) is 11.1 Å². The van der Waals surface area contributed by atoms with Crippen LogP contribution in [0, 0.1) is 11.6 Å². The zero-order valence-corrected chi connectivity index (χ0v) is 26.0. The summed E-state index contributed by atoms with van der Waals surface area (Å²) in [5, 5.41) is 13.4. The molecule has 1 aliphatic heterocycles. The molecule has 7 rings (SSSR count). The molecule has 234 valence electrons. The number of benzene rings is 2. The average Bonchev–Trinajstić information content (AvgIpc) is 3.70. The van der Waals surface area contributed by atoms with E-state index in [1.165, 1.54) is 30.6 Å². The molecule has 46 heavy (non-hydrogen) atoms. The van der Waals surface area contributed by atoms with E-state index in [0.717, 1.165) is 50.5 Å². The molecular weight excluding hydrogens is 608 g/mol. The topological polar surface area (TPSA) is 84.8 Å². The highest BCUT2D eigenvalue weighted by Crippen LogP contribution is 2.48. The highest BCUT2D eigenvalue weighted by atomic mass is 32.1. The minimum absolute atomic E-state index is 0.0365. The normalized spacial score (nSPS) is 15.6. The molecule has 7 nitrogen and oxygen atoms in total. The van der Waals surface area contributed by atoms with Crippen molar-refractivity contribution in [3.63, 3.8) is 0 Å². The van der Waals surface area contributed by atoms with Crippen molar-refractivity contribution in [2.24, 2.45) is 0 Å². The number of carbonyl (C=O) groups excluding carboxylic acids is 1. The Morgan fingerprint density at radius 2 is 1.96 bits per heavy atom. The number of thiophene rings is 1. The van der Waals surface area contributed by atoms with E-state index in [2.05, 4.69) is 6.58 Å². The van der Waals surface area contributed by atoms with Crippen LogP contribution in [0.4, 0.5) is 8.78 Å². The first kappa shape index (κ1) is 30.2. The first-order valence-corrected chi connectivity index (χ1v) is 16.0. The van der Waals surface area contributed by atoms with Crippen molar-refractivity contribution in [1.29, 1.82) is 0 Å². The fourth-order valence-electron chi connectivity index (χ4n) is 6.43. The van der Waals surface area contributed by atoms with Crippen molar-refractivity contribution >= 4 is 27.3 Å². The van der Waals surface area contributed by atoms with E-state index in [4.69, 9.17) is 19.4 Å². The SMILES string of the molecule is C=CC(=O)N1CCc2ncc(-c3nc(-c4ccc5c(c4)[C@@H](O)CC5)c4ccsc4c3-c3c(F)cc(F)cc3OCCOC)cc2C1. The monoisotopic (exact) mass is 639 g/mol. The molecule has 4 heterocycles. The van der Waals surface area contributed by atoms with Crippen molar-refractivity contribution in [3.8, 4) is 39.4 Å². The second-order valence-electron chi connectivity index (χ2n) is 11.5. The van der Waals surface area contributed by atoms with Crippen LogP contribution in [0.15, 0.2) is 66.7 Å². The first-order valence-electron chi connectivity index (χ1n) is 15.1. The number of methoxy groups -OCH3 is 1. The molecule has 0 radical (unpaired) electrons. The zero-order chi connectivity index (χ0) is 31.9. The smallest absolute Gasteiger partial charge is 0.246 e. The van der Waals surface area contributed by atoms with Gasteiger partial charge in [0, 0.05) is 77.4 Å². The van der Waals surface area contributed by atoms with Gasteiger partial charge in [0.05, 0.1) is 29.7 Å². The molecule has 1 aliphatic carbocycles. The molecule has 1 amide bonds. The predicted molar refractivity (Wildman–Crippen MR) is 174 cm³/mol. The molecule has 0 fully saturated rings. The Hall–Kier alpha value is -4.51. The van der Waals surface area contributed by atoms with Gasteiger partial charge in [0.2, 0.25) is 5.91 Å². The van der Waals surface area contributed by atoms with Crippen LogP contribution in [0.3, 0.4) is 0 Å². The van der Waals surface area contributed by atoms with Crippen molar-refractivity contribution in [1.82, 2.24) is 14.9 Å². The molecule has 5 aromatic rings. The Labute approximate surface area is 268 Å². The van der Waals surface area contributed by atoms with Crippen molar-refractivity contribution in [2.45, 2.75) is 31.9 Å². The Morgan fingerprint density at radius 1 is 1.09 bits per heavy atom.